The van der Waals surface area contributed by atoms with E-state index in [2.05, 4.69) is 25.6 Å². The standard InChI is InChI=1S/C21H21ClN6O4S/c1-33(31,32)18-4-2-3-16(25-18)10-23-19-17(22)11-24-20(27-19)26-15-6-5-14-12-28(21(29)30)8-7-13(14)9-15/h2-6,9,11H,7-8,10,12H2,1H3,(H,29,30)(H2,23,24,26,27). The van der Waals surface area contributed by atoms with Gasteiger partial charge in [-0.15, -0.1) is 0 Å². The van der Waals surface area contributed by atoms with Crippen LogP contribution in [0.2, 0.25) is 5.02 Å². The summed E-state index contributed by atoms with van der Waals surface area (Å²) in [5.74, 6) is 0.693. The minimum absolute atomic E-state index is 0.00294. The van der Waals surface area contributed by atoms with E-state index >= 15 is 0 Å². The number of aromatic nitrogens is 3. The van der Waals surface area contributed by atoms with Crippen LogP contribution in [-0.4, -0.2) is 52.3 Å². The minimum atomic E-state index is -3.40. The molecule has 0 saturated heterocycles. The third-order valence-electron chi connectivity index (χ3n) is 5.09. The summed E-state index contributed by atoms with van der Waals surface area (Å²) in [5.41, 5.74) is 3.33. The zero-order valence-electron chi connectivity index (χ0n) is 17.6. The highest BCUT2D eigenvalue weighted by molar-refractivity contribution is 7.90. The SMILES string of the molecule is CS(=O)(=O)c1cccc(CNc2nc(Nc3ccc4c(c3)CCN(C(=O)O)C4)ncc2Cl)n1. The fraction of sp³-hybridized carbons (Fsp3) is 0.238. The lowest BCUT2D eigenvalue weighted by atomic mass is 9.99. The normalized spacial score (nSPS) is 13.3. The first-order chi connectivity index (χ1) is 15.7. The maximum atomic E-state index is 11.7. The van der Waals surface area contributed by atoms with Gasteiger partial charge < -0.3 is 20.6 Å². The van der Waals surface area contributed by atoms with E-state index in [9.17, 15) is 18.3 Å². The number of anilines is 3. The van der Waals surface area contributed by atoms with Gasteiger partial charge in [-0.25, -0.2) is 23.2 Å². The molecule has 1 amide bonds. The molecule has 10 nitrogen and oxygen atoms in total. The average molecular weight is 489 g/mol. The molecule has 0 fully saturated rings. The van der Waals surface area contributed by atoms with Gasteiger partial charge >= 0.3 is 6.09 Å². The number of nitrogens with zero attached hydrogens (tertiary/aromatic N) is 4. The number of nitrogens with one attached hydrogen (secondary N) is 2. The van der Waals surface area contributed by atoms with Crippen molar-refractivity contribution in [1.82, 2.24) is 19.9 Å². The number of fused-ring (bicyclic) bond motifs is 1. The van der Waals surface area contributed by atoms with E-state index in [1.54, 1.807) is 12.1 Å². The van der Waals surface area contributed by atoms with Crippen LogP contribution < -0.4 is 10.6 Å². The highest BCUT2D eigenvalue weighted by Crippen LogP contribution is 2.26. The number of pyridine rings is 1. The zero-order chi connectivity index (χ0) is 23.6. The van der Waals surface area contributed by atoms with E-state index in [1.807, 2.05) is 18.2 Å². The predicted molar refractivity (Wildman–Crippen MR) is 124 cm³/mol. The molecule has 3 N–H and O–H groups in total. The minimum Gasteiger partial charge on any atom is -0.465 e. The Hall–Kier alpha value is -3.44. The molecular weight excluding hydrogens is 468 g/mol. The molecule has 4 rings (SSSR count). The monoisotopic (exact) mass is 488 g/mol. The highest BCUT2D eigenvalue weighted by Gasteiger charge is 2.20. The molecule has 0 bridgehead atoms. The molecule has 0 aliphatic carbocycles. The Morgan fingerprint density at radius 2 is 2.03 bits per heavy atom. The van der Waals surface area contributed by atoms with Gasteiger partial charge in [0.2, 0.25) is 5.95 Å². The van der Waals surface area contributed by atoms with Gasteiger partial charge in [-0.1, -0.05) is 23.7 Å². The summed E-state index contributed by atoms with van der Waals surface area (Å²) >= 11 is 6.22. The van der Waals surface area contributed by atoms with Crippen LogP contribution in [0.25, 0.3) is 0 Å². The molecule has 3 heterocycles. The predicted octanol–water partition coefficient (Wildman–Crippen LogP) is 3.32. The molecule has 172 valence electrons. The van der Waals surface area contributed by atoms with Crippen LogP contribution in [0.4, 0.5) is 22.2 Å². The molecule has 3 aromatic rings. The molecule has 1 aromatic carbocycles. The molecule has 12 heteroatoms. The molecule has 0 unspecified atom stereocenters. The lowest BCUT2D eigenvalue weighted by Gasteiger charge is -2.26. The summed E-state index contributed by atoms with van der Waals surface area (Å²) in [5, 5.41) is 15.7. The average Bonchev–Trinajstić information content (AvgIpc) is 2.78. The first-order valence-corrected chi connectivity index (χ1v) is 12.2. The Bertz CT molecular complexity index is 1320. The van der Waals surface area contributed by atoms with Crippen molar-refractivity contribution in [3.8, 4) is 0 Å². The number of rotatable bonds is 6. The third-order valence-corrected chi connectivity index (χ3v) is 6.35. The largest absolute Gasteiger partial charge is 0.465 e. The summed E-state index contributed by atoms with van der Waals surface area (Å²) in [4.78, 5) is 25.3. The first-order valence-electron chi connectivity index (χ1n) is 9.98. The lowest BCUT2D eigenvalue weighted by molar-refractivity contribution is 0.140. The molecule has 1 aliphatic rings. The van der Waals surface area contributed by atoms with Crippen molar-refractivity contribution >= 4 is 45.0 Å². The van der Waals surface area contributed by atoms with E-state index in [0.717, 1.165) is 23.1 Å². The van der Waals surface area contributed by atoms with Gasteiger partial charge in [0.05, 0.1) is 18.4 Å². The fourth-order valence-electron chi connectivity index (χ4n) is 3.41. The highest BCUT2D eigenvalue weighted by atomic mass is 35.5. The van der Waals surface area contributed by atoms with Crippen LogP contribution in [0.5, 0.6) is 0 Å². The van der Waals surface area contributed by atoms with Crippen LogP contribution in [0.15, 0.2) is 47.6 Å². The Morgan fingerprint density at radius 1 is 1.21 bits per heavy atom. The number of halogens is 1. The van der Waals surface area contributed by atoms with Crippen LogP contribution in [0, 0.1) is 0 Å². The van der Waals surface area contributed by atoms with Crippen molar-refractivity contribution in [3.63, 3.8) is 0 Å². The van der Waals surface area contributed by atoms with Gasteiger partial charge in [-0.3, -0.25) is 0 Å². The summed E-state index contributed by atoms with van der Waals surface area (Å²) in [7, 11) is -3.40. The van der Waals surface area contributed by atoms with Gasteiger partial charge in [0.1, 0.15) is 5.02 Å². The number of carbonyl (C=O) groups is 1. The number of amides is 1. The van der Waals surface area contributed by atoms with Crippen molar-refractivity contribution in [2.45, 2.75) is 24.5 Å². The zero-order valence-corrected chi connectivity index (χ0v) is 19.2. The van der Waals surface area contributed by atoms with Crippen molar-refractivity contribution in [2.75, 3.05) is 23.4 Å². The number of hydrogen-bond donors (Lipinski definition) is 3. The summed E-state index contributed by atoms with van der Waals surface area (Å²) in [6.45, 7) is 1.04. The van der Waals surface area contributed by atoms with Crippen LogP contribution in [-0.2, 0) is 29.3 Å². The Balaban J connectivity index is 1.46. The molecule has 0 saturated carbocycles. The topological polar surface area (TPSA) is 137 Å². The van der Waals surface area contributed by atoms with Crippen LogP contribution >= 0.6 is 11.6 Å². The summed E-state index contributed by atoms with van der Waals surface area (Å²) in [6, 6.07) is 10.5. The van der Waals surface area contributed by atoms with Gasteiger partial charge in [0.15, 0.2) is 20.7 Å². The van der Waals surface area contributed by atoms with E-state index in [-0.39, 0.29) is 11.6 Å². The van der Waals surface area contributed by atoms with Crippen molar-refractivity contribution in [3.05, 3.63) is 64.4 Å². The number of sulfone groups is 1. The Labute approximate surface area is 195 Å². The molecule has 33 heavy (non-hydrogen) atoms. The molecular formula is C21H21ClN6O4S. The quantitative estimate of drug-likeness (QED) is 0.477. The van der Waals surface area contributed by atoms with E-state index in [4.69, 9.17) is 11.6 Å². The lowest BCUT2D eigenvalue weighted by Crippen LogP contribution is -2.34. The second-order valence-corrected chi connectivity index (χ2v) is 9.92. The van der Waals surface area contributed by atoms with Gasteiger partial charge in [0, 0.05) is 25.0 Å². The second-order valence-electron chi connectivity index (χ2n) is 7.55. The van der Waals surface area contributed by atoms with E-state index < -0.39 is 15.9 Å². The smallest absolute Gasteiger partial charge is 0.407 e. The van der Waals surface area contributed by atoms with Crippen molar-refractivity contribution < 1.29 is 18.3 Å². The molecule has 2 aromatic heterocycles. The maximum Gasteiger partial charge on any atom is 0.407 e. The fourth-order valence-corrected chi connectivity index (χ4v) is 4.18. The third kappa shape index (κ3) is 5.49. The van der Waals surface area contributed by atoms with Crippen molar-refractivity contribution in [2.24, 2.45) is 0 Å². The van der Waals surface area contributed by atoms with Gasteiger partial charge in [-0.2, -0.15) is 4.98 Å². The van der Waals surface area contributed by atoms with E-state index in [1.165, 1.54) is 17.2 Å². The van der Waals surface area contributed by atoms with E-state index in [0.29, 0.717) is 42.0 Å². The number of benzene rings is 1. The molecule has 0 radical (unpaired) electrons. The molecule has 0 spiro atoms. The van der Waals surface area contributed by atoms with Gasteiger partial charge in [0.25, 0.3) is 0 Å². The summed E-state index contributed by atoms with van der Waals surface area (Å²) < 4.78 is 23.4. The summed E-state index contributed by atoms with van der Waals surface area (Å²) in [6.07, 6.45) is 2.28. The Kier molecular flexibility index (Phi) is 6.34. The molecule has 0 atom stereocenters. The number of carboxylic acid groups (broad SMARTS) is 1. The second kappa shape index (κ2) is 9.20. The maximum absolute atomic E-state index is 11.7. The van der Waals surface area contributed by atoms with Crippen LogP contribution in [0.3, 0.4) is 0 Å². The van der Waals surface area contributed by atoms with Crippen LogP contribution in [0.1, 0.15) is 16.8 Å². The van der Waals surface area contributed by atoms with Gasteiger partial charge in [-0.05, 0) is 41.8 Å². The Morgan fingerprint density at radius 3 is 2.79 bits per heavy atom. The van der Waals surface area contributed by atoms with Crippen molar-refractivity contribution in [1.29, 1.82) is 0 Å². The number of hydrogen-bond acceptors (Lipinski definition) is 8. The first kappa shape index (κ1) is 22.7. The molecule has 1 aliphatic heterocycles.